The summed E-state index contributed by atoms with van der Waals surface area (Å²) in [4.78, 5) is 22.5. The van der Waals surface area contributed by atoms with E-state index in [4.69, 9.17) is 14.6 Å². The van der Waals surface area contributed by atoms with Gasteiger partial charge in [0.15, 0.2) is 0 Å². The Hall–Kier alpha value is -1.36. The molecule has 0 saturated heterocycles. The van der Waals surface area contributed by atoms with Gasteiger partial charge in [0.2, 0.25) is 0 Å². The SMILES string of the molecule is C=CCCCOC(=O)C[C@@H](COC(C)(C)C)C(=O)O. The fourth-order valence-corrected chi connectivity index (χ4v) is 1.24. The van der Waals surface area contributed by atoms with Crippen LogP contribution in [-0.4, -0.2) is 35.9 Å². The number of esters is 1. The molecule has 0 aliphatic rings. The van der Waals surface area contributed by atoms with E-state index in [0.29, 0.717) is 6.42 Å². The summed E-state index contributed by atoms with van der Waals surface area (Å²) in [6, 6.07) is 0. The summed E-state index contributed by atoms with van der Waals surface area (Å²) in [6.07, 6.45) is 3.04. The zero-order valence-electron chi connectivity index (χ0n) is 12.0. The van der Waals surface area contributed by atoms with Crippen LogP contribution in [-0.2, 0) is 19.1 Å². The number of aliphatic carboxylic acids is 1. The van der Waals surface area contributed by atoms with E-state index < -0.39 is 23.5 Å². The highest BCUT2D eigenvalue weighted by Gasteiger charge is 2.24. The topological polar surface area (TPSA) is 72.8 Å². The lowest BCUT2D eigenvalue weighted by atomic mass is 10.1. The van der Waals surface area contributed by atoms with Crippen molar-refractivity contribution in [3.05, 3.63) is 12.7 Å². The van der Waals surface area contributed by atoms with Crippen molar-refractivity contribution in [1.82, 2.24) is 0 Å². The van der Waals surface area contributed by atoms with E-state index >= 15 is 0 Å². The van der Waals surface area contributed by atoms with Gasteiger partial charge in [-0.25, -0.2) is 0 Å². The molecule has 0 unspecified atom stereocenters. The van der Waals surface area contributed by atoms with Crippen LogP contribution in [0, 0.1) is 5.92 Å². The van der Waals surface area contributed by atoms with Crippen molar-refractivity contribution < 1.29 is 24.2 Å². The fraction of sp³-hybridized carbons (Fsp3) is 0.714. The minimum atomic E-state index is -1.05. The number of carboxylic acids is 1. The van der Waals surface area contributed by atoms with Crippen LogP contribution < -0.4 is 0 Å². The van der Waals surface area contributed by atoms with Gasteiger partial charge in [0.05, 0.1) is 31.2 Å². The lowest BCUT2D eigenvalue weighted by Crippen LogP contribution is -2.29. The first-order chi connectivity index (χ1) is 8.76. The second-order valence-corrected chi connectivity index (χ2v) is 5.31. The lowest BCUT2D eigenvalue weighted by Gasteiger charge is -2.22. The number of hydrogen-bond donors (Lipinski definition) is 1. The number of rotatable bonds is 9. The molecule has 5 heteroatoms. The average Bonchev–Trinajstić information content (AvgIpc) is 2.28. The van der Waals surface area contributed by atoms with Crippen molar-refractivity contribution >= 4 is 11.9 Å². The molecule has 19 heavy (non-hydrogen) atoms. The van der Waals surface area contributed by atoms with Crippen LogP contribution in [0.4, 0.5) is 0 Å². The Balaban J connectivity index is 4.09. The Morgan fingerprint density at radius 1 is 1.37 bits per heavy atom. The second-order valence-electron chi connectivity index (χ2n) is 5.31. The van der Waals surface area contributed by atoms with Crippen LogP contribution in [0.3, 0.4) is 0 Å². The predicted octanol–water partition coefficient (Wildman–Crippen LogP) is 2.40. The van der Waals surface area contributed by atoms with Gasteiger partial charge in [0.25, 0.3) is 0 Å². The number of carbonyl (C=O) groups excluding carboxylic acids is 1. The van der Waals surface area contributed by atoms with E-state index in [1.165, 1.54) is 0 Å². The number of unbranched alkanes of at least 4 members (excludes halogenated alkanes) is 1. The van der Waals surface area contributed by atoms with Gasteiger partial charge in [0, 0.05) is 0 Å². The first-order valence-electron chi connectivity index (χ1n) is 6.39. The van der Waals surface area contributed by atoms with Gasteiger partial charge < -0.3 is 14.6 Å². The van der Waals surface area contributed by atoms with E-state index in [2.05, 4.69) is 6.58 Å². The third-order valence-corrected chi connectivity index (χ3v) is 2.30. The highest BCUT2D eigenvalue weighted by molar-refractivity contribution is 5.78. The van der Waals surface area contributed by atoms with Gasteiger partial charge in [-0.15, -0.1) is 6.58 Å². The van der Waals surface area contributed by atoms with Crippen LogP contribution in [0.15, 0.2) is 12.7 Å². The fourth-order valence-electron chi connectivity index (χ4n) is 1.24. The van der Waals surface area contributed by atoms with Gasteiger partial charge in [-0.2, -0.15) is 0 Å². The Morgan fingerprint density at radius 2 is 2.00 bits per heavy atom. The summed E-state index contributed by atoms with van der Waals surface area (Å²) in [7, 11) is 0. The molecule has 1 atom stereocenters. The Labute approximate surface area is 114 Å². The predicted molar refractivity (Wildman–Crippen MR) is 71.8 cm³/mol. The molecule has 1 N–H and O–H groups in total. The molecule has 0 aromatic rings. The number of carboxylic acid groups (broad SMARTS) is 1. The second kappa shape index (κ2) is 8.69. The smallest absolute Gasteiger partial charge is 0.309 e. The van der Waals surface area contributed by atoms with E-state index in [-0.39, 0.29) is 19.6 Å². The van der Waals surface area contributed by atoms with Crippen molar-refractivity contribution in [3.63, 3.8) is 0 Å². The van der Waals surface area contributed by atoms with Crippen molar-refractivity contribution in [1.29, 1.82) is 0 Å². The van der Waals surface area contributed by atoms with Crippen LogP contribution in [0.5, 0.6) is 0 Å². The maximum atomic E-state index is 11.5. The zero-order chi connectivity index (χ0) is 14.9. The molecule has 5 nitrogen and oxygen atoms in total. The largest absolute Gasteiger partial charge is 0.481 e. The molecule has 0 saturated carbocycles. The third-order valence-electron chi connectivity index (χ3n) is 2.30. The number of hydrogen-bond acceptors (Lipinski definition) is 4. The van der Waals surface area contributed by atoms with Crippen molar-refractivity contribution in [2.75, 3.05) is 13.2 Å². The molecule has 0 rings (SSSR count). The molecule has 0 fully saturated rings. The van der Waals surface area contributed by atoms with Crippen LogP contribution in [0.25, 0.3) is 0 Å². The van der Waals surface area contributed by atoms with E-state index in [1.807, 2.05) is 20.8 Å². The van der Waals surface area contributed by atoms with Crippen LogP contribution in [0.1, 0.15) is 40.0 Å². The highest BCUT2D eigenvalue weighted by Crippen LogP contribution is 2.13. The molecule has 0 amide bonds. The standard InChI is InChI=1S/C14H24O5/c1-5-6-7-8-18-12(15)9-11(13(16)17)10-19-14(2,3)4/h5,11H,1,6-10H2,2-4H3,(H,16,17)/t11-/m0/s1. The Morgan fingerprint density at radius 3 is 2.47 bits per heavy atom. The molecular weight excluding hydrogens is 248 g/mol. The monoisotopic (exact) mass is 272 g/mol. The summed E-state index contributed by atoms with van der Waals surface area (Å²) >= 11 is 0. The van der Waals surface area contributed by atoms with Crippen molar-refractivity contribution in [3.8, 4) is 0 Å². The molecule has 0 spiro atoms. The molecule has 0 aliphatic carbocycles. The normalized spacial score (nSPS) is 12.8. The number of ether oxygens (including phenoxy) is 2. The van der Waals surface area contributed by atoms with Crippen LogP contribution >= 0.6 is 0 Å². The quantitative estimate of drug-likeness (QED) is 0.396. The molecular formula is C14H24O5. The zero-order valence-corrected chi connectivity index (χ0v) is 12.0. The lowest BCUT2D eigenvalue weighted by molar-refractivity contribution is -0.155. The molecule has 0 aliphatic heterocycles. The van der Waals surface area contributed by atoms with Crippen molar-refractivity contribution in [2.24, 2.45) is 5.92 Å². The van der Waals surface area contributed by atoms with Gasteiger partial charge in [-0.3, -0.25) is 9.59 Å². The van der Waals surface area contributed by atoms with E-state index in [1.54, 1.807) is 6.08 Å². The molecule has 0 aromatic carbocycles. The van der Waals surface area contributed by atoms with Crippen LogP contribution in [0.2, 0.25) is 0 Å². The molecule has 0 radical (unpaired) electrons. The maximum Gasteiger partial charge on any atom is 0.309 e. The Bertz CT molecular complexity index is 303. The van der Waals surface area contributed by atoms with E-state index in [0.717, 1.165) is 6.42 Å². The first kappa shape index (κ1) is 17.6. The molecule has 0 aromatic heterocycles. The minimum absolute atomic E-state index is 0.000586. The summed E-state index contributed by atoms with van der Waals surface area (Å²) in [5.41, 5.74) is -0.429. The Kier molecular flexibility index (Phi) is 8.07. The third kappa shape index (κ3) is 10.3. The summed E-state index contributed by atoms with van der Waals surface area (Å²) in [6.45, 7) is 9.35. The summed E-state index contributed by atoms with van der Waals surface area (Å²) < 4.78 is 10.3. The maximum absolute atomic E-state index is 11.5. The van der Waals surface area contributed by atoms with E-state index in [9.17, 15) is 9.59 Å². The molecule has 0 heterocycles. The highest BCUT2D eigenvalue weighted by atomic mass is 16.5. The summed E-state index contributed by atoms with van der Waals surface area (Å²) in [5, 5.41) is 9.03. The van der Waals surface area contributed by atoms with Crippen molar-refractivity contribution in [2.45, 2.75) is 45.6 Å². The first-order valence-corrected chi connectivity index (χ1v) is 6.39. The van der Waals surface area contributed by atoms with Gasteiger partial charge in [0.1, 0.15) is 0 Å². The van der Waals surface area contributed by atoms with Gasteiger partial charge >= 0.3 is 11.9 Å². The summed E-state index contributed by atoms with van der Waals surface area (Å²) in [5.74, 6) is -2.42. The molecule has 110 valence electrons. The number of carbonyl (C=O) groups is 2. The average molecular weight is 272 g/mol. The van der Waals surface area contributed by atoms with Gasteiger partial charge in [-0.1, -0.05) is 6.08 Å². The molecule has 0 bridgehead atoms. The minimum Gasteiger partial charge on any atom is -0.481 e. The number of allylic oxidation sites excluding steroid dienone is 1. The van der Waals surface area contributed by atoms with Gasteiger partial charge in [-0.05, 0) is 33.6 Å².